The number of benzene rings is 4. The third kappa shape index (κ3) is 3.99. The van der Waals surface area contributed by atoms with Crippen molar-refractivity contribution in [3.05, 3.63) is 137 Å². The zero-order valence-electron chi connectivity index (χ0n) is 21.7. The highest BCUT2D eigenvalue weighted by molar-refractivity contribution is 9.10. The van der Waals surface area contributed by atoms with Gasteiger partial charge in [0.2, 0.25) is 11.8 Å². The topological polar surface area (TPSA) is 74.8 Å². The van der Waals surface area contributed by atoms with Crippen LogP contribution in [-0.2, 0) is 9.59 Å². The highest BCUT2D eigenvalue weighted by atomic mass is 79.9. The molecule has 3 aliphatic heterocycles. The summed E-state index contributed by atoms with van der Waals surface area (Å²) in [5.41, 5.74) is 1.91. The van der Waals surface area contributed by atoms with Crippen LogP contribution in [0.3, 0.4) is 0 Å². The number of halogens is 1. The van der Waals surface area contributed by atoms with Gasteiger partial charge in [0.25, 0.3) is 0 Å². The lowest BCUT2D eigenvalue weighted by Crippen LogP contribution is -2.46. The van der Waals surface area contributed by atoms with E-state index < -0.39 is 29.8 Å². The van der Waals surface area contributed by atoms with Crippen molar-refractivity contribution in [2.75, 3.05) is 4.90 Å². The molecule has 200 valence electrons. The molecule has 3 aliphatic rings. The minimum absolute atomic E-state index is 0.177. The first-order chi connectivity index (χ1) is 19.9. The number of Topliss-reactive ketones (excluding diaryl/α,β-unsaturated/α-hetero) is 2. The highest BCUT2D eigenvalue weighted by Gasteiger charge is 2.63. The van der Waals surface area contributed by atoms with Gasteiger partial charge >= 0.3 is 0 Å². The molecule has 0 aromatic heterocycles. The third-order valence-electron chi connectivity index (χ3n) is 8.25. The van der Waals surface area contributed by atoms with Gasteiger partial charge in [-0.2, -0.15) is 0 Å². The number of nitrogens with zero attached hydrogens (tertiary/aromatic N) is 2. The van der Waals surface area contributed by atoms with Crippen molar-refractivity contribution in [2.45, 2.75) is 12.1 Å². The van der Waals surface area contributed by atoms with Gasteiger partial charge in [-0.1, -0.05) is 101 Å². The van der Waals surface area contributed by atoms with E-state index in [9.17, 15) is 19.2 Å². The fourth-order valence-electron chi connectivity index (χ4n) is 6.38. The first-order valence-electron chi connectivity index (χ1n) is 13.4. The molecule has 0 N–H and O–H groups in total. The van der Waals surface area contributed by atoms with Gasteiger partial charge in [0.1, 0.15) is 6.04 Å². The molecule has 0 bridgehead atoms. The fraction of sp³-hybridized carbons (Fsp3) is 0.118. The number of anilines is 1. The molecule has 7 rings (SSSR count). The number of carbonyl (C=O) groups excluding carboxylic acids is 4. The van der Waals surface area contributed by atoms with Crippen molar-refractivity contribution >= 4 is 55.8 Å². The van der Waals surface area contributed by atoms with E-state index in [1.807, 2.05) is 42.5 Å². The van der Waals surface area contributed by atoms with Crippen LogP contribution in [0.1, 0.15) is 20.7 Å². The summed E-state index contributed by atoms with van der Waals surface area (Å²) >= 11 is 3.41. The molecule has 0 radical (unpaired) electrons. The van der Waals surface area contributed by atoms with Crippen LogP contribution >= 0.6 is 15.9 Å². The highest BCUT2D eigenvalue weighted by Crippen LogP contribution is 2.48. The first-order valence-corrected chi connectivity index (χ1v) is 14.2. The number of allylic oxidation sites excluding steroid dienone is 2. The van der Waals surface area contributed by atoms with Crippen molar-refractivity contribution in [3.8, 4) is 0 Å². The summed E-state index contributed by atoms with van der Waals surface area (Å²) in [6.07, 6.45) is 5.12. The molecule has 0 aliphatic carbocycles. The van der Waals surface area contributed by atoms with Crippen molar-refractivity contribution < 1.29 is 19.2 Å². The molecule has 0 saturated carbocycles. The van der Waals surface area contributed by atoms with E-state index in [4.69, 9.17) is 0 Å². The molecule has 7 heteroatoms. The molecular formula is C34H23BrN2O4. The molecule has 0 unspecified atom stereocenters. The molecule has 3 heterocycles. The molecule has 4 atom stereocenters. The number of fused-ring (bicyclic) bond motifs is 4. The Balaban J connectivity index is 1.34. The van der Waals surface area contributed by atoms with Crippen LogP contribution < -0.4 is 4.90 Å². The van der Waals surface area contributed by atoms with E-state index >= 15 is 0 Å². The smallest absolute Gasteiger partial charge is 0.240 e. The summed E-state index contributed by atoms with van der Waals surface area (Å²) in [5.74, 6) is -2.92. The number of ketones is 2. The Morgan fingerprint density at radius 2 is 1.39 bits per heavy atom. The summed E-state index contributed by atoms with van der Waals surface area (Å²) < 4.78 is 0.829. The van der Waals surface area contributed by atoms with Gasteiger partial charge in [-0.05, 0) is 29.7 Å². The zero-order chi connectivity index (χ0) is 28.2. The maximum atomic E-state index is 14.2. The maximum Gasteiger partial charge on any atom is 0.240 e. The molecule has 4 aromatic rings. The minimum atomic E-state index is -0.908. The van der Waals surface area contributed by atoms with E-state index in [1.165, 1.54) is 4.90 Å². The van der Waals surface area contributed by atoms with Gasteiger partial charge in [0.15, 0.2) is 11.6 Å². The number of hydrogen-bond donors (Lipinski definition) is 0. The standard InChI is InChI=1S/C34H23BrN2O4/c35-24-15-13-22(14-16-24)32(39)30-29-28(27-19-23(17-18-36(27)30)31(38)21-8-2-1-3-9-21)33(40)37(34(29)41)26-12-6-10-20-7-4-5-11-25(20)26/h1-19,27-30H/t27-,28-,29-,30+/m0/s1. The Bertz CT molecular complexity index is 1810. The van der Waals surface area contributed by atoms with E-state index in [0.29, 0.717) is 22.4 Å². The number of hydrogen-bond acceptors (Lipinski definition) is 5. The summed E-state index contributed by atoms with van der Waals surface area (Å²) in [7, 11) is 0. The molecule has 6 nitrogen and oxygen atoms in total. The lowest BCUT2D eigenvalue weighted by atomic mass is 9.85. The normalized spacial score (nSPS) is 23.0. The van der Waals surface area contributed by atoms with Crippen LogP contribution in [0, 0.1) is 11.8 Å². The van der Waals surface area contributed by atoms with Crippen LogP contribution in [0.15, 0.2) is 125 Å². The predicted octanol–water partition coefficient (Wildman–Crippen LogP) is 5.98. The van der Waals surface area contributed by atoms with Crippen LogP contribution in [0.25, 0.3) is 10.8 Å². The summed E-state index contributed by atoms with van der Waals surface area (Å²) in [6.45, 7) is 0. The second-order valence-corrected chi connectivity index (χ2v) is 11.4. The fourth-order valence-corrected chi connectivity index (χ4v) is 6.64. The SMILES string of the molecule is O=C(C1=C[C@H]2[C@@H]3C(=O)N(c4cccc5ccccc45)C(=O)[C@@H]3[C@H](C(=O)c3ccc(Br)cc3)N2C=C1)c1ccccc1. The molecule has 0 spiro atoms. The molecular weight excluding hydrogens is 580 g/mol. The monoisotopic (exact) mass is 602 g/mol. The van der Waals surface area contributed by atoms with Crippen LogP contribution in [0.5, 0.6) is 0 Å². The molecule has 2 fully saturated rings. The van der Waals surface area contributed by atoms with Crippen molar-refractivity contribution in [1.82, 2.24) is 4.90 Å². The number of amides is 2. The Hall–Kier alpha value is -4.62. The lowest BCUT2D eigenvalue weighted by molar-refractivity contribution is -0.123. The van der Waals surface area contributed by atoms with Crippen LogP contribution in [0.2, 0.25) is 0 Å². The van der Waals surface area contributed by atoms with Crippen molar-refractivity contribution in [1.29, 1.82) is 0 Å². The lowest BCUT2D eigenvalue weighted by Gasteiger charge is -2.33. The largest absolute Gasteiger partial charge is 0.359 e. The third-order valence-corrected chi connectivity index (χ3v) is 8.78. The maximum absolute atomic E-state index is 14.2. The van der Waals surface area contributed by atoms with Crippen molar-refractivity contribution in [3.63, 3.8) is 0 Å². The Kier molecular flexibility index (Phi) is 6.05. The second kappa shape index (κ2) is 9.78. The molecule has 2 amide bonds. The second-order valence-electron chi connectivity index (χ2n) is 10.4. The van der Waals surface area contributed by atoms with E-state index in [1.54, 1.807) is 77.8 Å². The van der Waals surface area contributed by atoms with Gasteiger partial charge < -0.3 is 4.90 Å². The van der Waals surface area contributed by atoms with Gasteiger partial charge in [0.05, 0.1) is 23.6 Å². The van der Waals surface area contributed by atoms with Crippen LogP contribution in [-0.4, -0.2) is 40.4 Å². The Morgan fingerprint density at radius 1 is 0.707 bits per heavy atom. The summed E-state index contributed by atoms with van der Waals surface area (Å²) in [6, 6.07) is 27.5. The van der Waals surface area contributed by atoms with Crippen molar-refractivity contribution in [2.24, 2.45) is 11.8 Å². The van der Waals surface area contributed by atoms with E-state index in [-0.39, 0.29) is 17.5 Å². The predicted molar refractivity (Wildman–Crippen MR) is 159 cm³/mol. The first kappa shape index (κ1) is 25.4. The van der Waals surface area contributed by atoms with Gasteiger partial charge in [-0.3, -0.25) is 19.2 Å². The summed E-state index contributed by atoms with van der Waals surface area (Å²) in [5, 5.41) is 1.69. The van der Waals surface area contributed by atoms with Gasteiger partial charge in [0, 0.05) is 32.8 Å². The minimum Gasteiger partial charge on any atom is -0.359 e. The molecule has 41 heavy (non-hydrogen) atoms. The van der Waals surface area contributed by atoms with Gasteiger partial charge in [-0.25, -0.2) is 4.90 Å². The van der Waals surface area contributed by atoms with E-state index in [0.717, 1.165) is 15.2 Å². The average molecular weight is 603 g/mol. The number of rotatable bonds is 5. The average Bonchev–Trinajstić information content (AvgIpc) is 3.48. The molecule has 2 saturated heterocycles. The Morgan fingerprint density at radius 3 is 2.17 bits per heavy atom. The quantitative estimate of drug-likeness (QED) is 0.207. The number of carbonyl (C=O) groups is 4. The summed E-state index contributed by atoms with van der Waals surface area (Å²) in [4.78, 5) is 58.9. The van der Waals surface area contributed by atoms with E-state index in [2.05, 4.69) is 15.9 Å². The Labute approximate surface area is 244 Å². The van der Waals surface area contributed by atoms with Gasteiger partial charge in [-0.15, -0.1) is 0 Å². The number of imide groups is 1. The zero-order valence-corrected chi connectivity index (χ0v) is 23.3. The molecule has 4 aromatic carbocycles. The van der Waals surface area contributed by atoms with Crippen LogP contribution in [0.4, 0.5) is 5.69 Å².